The lowest BCUT2D eigenvalue weighted by atomic mass is 10.4. The molecule has 0 bridgehead atoms. The van der Waals surface area contributed by atoms with Gasteiger partial charge in [0.2, 0.25) is 0 Å². The zero-order chi connectivity index (χ0) is 12.6. The van der Waals surface area contributed by atoms with Crippen molar-refractivity contribution in [2.24, 2.45) is 4.76 Å². The maximum absolute atomic E-state index is 12.3. The van der Waals surface area contributed by atoms with E-state index >= 15 is 0 Å². The summed E-state index contributed by atoms with van der Waals surface area (Å²) in [6.45, 7) is 5.03. The van der Waals surface area contributed by atoms with Crippen LogP contribution in [-0.2, 0) is 13.6 Å². The number of unbranched alkanes of at least 4 members (excludes halogenated alkanes) is 2. The highest BCUT2D eigenvalue weighted by Crippen LogP contribution is 2.53. The van der Waals surface area contributed by atoms with Crippen LogP contribution in [0.2, 0.25) is 0 Å². The molecule has 0 amide bonds. The van der Waals surface area contributed by atoms with Crippen molar-refractivity contribution < 1.29 is 13.6 Å². The molecule has 0 spiro atoms. The van der Waals surface area contributed by atoms with Crippen molar-refractivity contribution in [3.05, 3.63) is 0 Å². The van der Waals surface area contributed by atoms with E-state index in [1.165, 1.54) is 0 Å². The molecule has 1 heterocycles. The normalized spacial score (nSPS) is 15.8. The van der Waals surface area contributed by atoms with Gasteiger partial charge in [-0.3, -0.25) is 9.05 Å². The molecule has 1 saturated heterocycles. The summed E-state index contributed by atoms with van der Waals surface area (Å²) in [6, 6.07) is 0. The Morgan fingerprint density at radius 3 is 2.06 bits per heavy atom. The number of thioether (sulfide) groups is 2. The van der Waals surface area contributed by atoms with E-state index in [0.717, 1.165) is 35.1 Å². The van der Waals surface area contributed by atoms with Gasteiger partial charge in [-0.25, -0.2) is 4.57 Å². The first-order valence-electron chi connectivity index (χ1n) is 5.95. The average Bonchev–Trinajstić information content (AvgIpc) is 2.25. The van der Waals surface area contributed by atoms with Gasteiger partial charge in [-0.2, -0.15) is 4.76 Å². The molecule has 1 aliphatic rings. The van der Waals surface area contributed by atoms with Crippen molar-refractivity contribution in [2.75, 3.05) is 18.3 Å². The Kier molecular flexibility index (Phi) is 7.87. The SMILES string of the molecule is CCCCOP(=O)(N=C1SCS1)OCCCC. The molecule has 1 rings (SSSR count). The third-order valence-corrected chi connectivity index (χ3v) is 6.13. The number of hydrogen-bond donors (Lipinski definition) is 0. The van der Waals surface area contributed by atoms with E-state index in [-0.39, 0.29) is 0 Å². The molecule has 0 saturated carbocycles. The summed E-state index contributed by atoms with van der Waals surface area (Å²) in [5, 5.41) is 0.975. The predicted octanol–water partition coefficient (Wildman–Crippen LogP) is 4.52. The minimum absolute atomic E-state index is 0.450. The van der Waals surface area contributed by atoms with Gasteiger partial charge in [-0.05, 0) is 12.8 Å². The molecule has 0 radical (unpaired) electrons. The van der Waals surface area contributed by atoms with Crippen LogP contribution in [0.15, 0.2) is 4.76 Å². The van der Waals surface area contributed by atoms with Crippen molar-refractivity contribution in [3.8, 4) is 0 Å². The van der Waals surface area contributed by atoms with Crippen molar-refractivity contribution >= 4 is 35.6 Å². The third kappa shape index (κ3) is 6.30. The maximum atomic E-state index is 12.3. The third-order valence-electron chi connectivity index (χ3n) is 2.07. The predicted molar refractivity (Wildman–Crippen MR) is 76.8 cm³/mol. The van der Waals surface area contributed by atoms with Gasteiger partial charge in [0.25, 0.3) is 0 Å². The molecule has 0 aromatic heterocycles. The molecule has 100 valence electrons. The van der Waals surface area contributed by atoms with E-state index in [9.17, 15) is 4.57 Å². The highest BCUT2D eigenvalue weighted by molar-refractivity contribution is 8.52. The Balaban J connectivity index is 2.46. The number of nitrogens with zero attached hydrogens (tertiary/aromatic N) is 1. The minimum atomic E-state index is -3.25. The van der Waals surface area contributed by atoms with Crippen molar-refractivity contribution in [2.45, 2.75) is 39.5 Å². The van der Waals surface area contributed by atoms with Gasteiger partial charge in [0.05, 0.1) is 18.3 Å². The Labute approximate surface area is 112 Å². The van der Waals surface area contributed by atoms with Crippen molar-refractivity contribution in [1.82, 2.24) is 0 Å². The highest BCUT2D eigenvalue weighted by atomic mass is 32.3. The minimum Gasteiger partial charge on any atom is -0.291 e. The number of rotatable bonds is 9. The fraction of sp³-hybridized carbons (Fsp3) is 0.900. The zero-order valence-electron chi connectivity index (χ0n) is 10.4. The fourth-order valence-electron chi connectivity index (χ4n) is 1.01. The van der Waals surface area contributed by atoms with Crippen LogP contribution < -0.4 is 0 Å². The molecular weight excluding hydrogens is 277 g/mol. The lowest BCUT2D eigenvalue weighted by Crippen LogP contribution is -2.03. The molecule has 1 fully saturated rings. The fourth-order valence-corrected chi connectivity index (χ4v) is 4.08. The first kappa shape index (κ1) is 15.6. The summed E-state index contributed by atoms with van der Waals surface area (Å²) < 4.78 is 27.9. The van der Waals surface area contributed by atoms with Crippen LogP contribution in [-0.4, -0.2) is 22.7 Å². The van der Waals surface area contributed by atoms with Crippen LogP contribution in [0.1, 0.15) is 39.5 Å². The smallest absolute Gasteiger partial charge is 0.291 e. The molecule has 0 atom stereocenters. The van der Waals surface area contributed by atoms with Crippen LogP contribution in [0.3, 0.4) is 0 Å². The molecular formula is C10H20NO3PS2. The molecule has 0 N–H and O–H groups in total. The molecule has 0 unspecified atom stereocenters. The molecule has 0 aromatic rings. The summed E-state index contributed by atoms with van der Waals surface area (Å²) in [7, 11) is -3.25. The van der Waals surface area contributed by atoms with Crippen LogP contribution in [0.25, 0.3) is 0 Å². The van der Waals surface area contributed by atoms with Gasteiger partial charge in [0, 0.05) is 0 Å². The lowest BCUT2D eigenvalue weighted by molar-refractivity contribution is 0.201. The summed E-state index contributed by atoms with van der Waals surface area (Å²) >= 11 is 3.18. The largest absolute Gasteiger partial charge is 0.455 e. The van der Waals surface area contributed by atoms with E-state index in [2.05, 4.69) is 18.6 Å². The van der Waals surface area contributed by atoms with Gasteiger partial charge < -0.3 is 0 Å². The van der Waals surface area contributed by atoms with E-state index in [0.29, 0.717) is 13.2 Å². The maximum Gasteiger partial charge on any atom is 0.455 e. The highest BCUT2D eigenvalue weighted by Gasteiger charge is 2.27. The Morgan fingerprint density at radius 1 is 1.18 bits per heavy atom. The Hall–Kier alpha value is 0.520. The second-order valence-electron chi connectivity index (χ2n) is 3.61. The van der Waals surface area contributed by atoms with Gasteiger partial charge in [0.15, 0.2) is 0 Å². The van der Waals surface area contributed by atoms with Gasteiger partial charge >= 0.3 is 7.75 Å². The van der Waals surface area contributed by atoms with Gasteiger partial charge in [-0.1, -0.05) is 50.2 Å². The van der Waals surface area contributed by atoms with E-state index < -0.39 is 7.75 Å². The van der Waals surface area contributed by atoms with Crippen LogP contribution in [0.5, 0.6) is 0 Å². The summed E-state index contributed by atoms with van der Waals surface area (Å²) in [4.78, 5) is 0. The molecule has 7 heteroatoms. The van der Waals surface area contributed by atoms with Gasteiger partial charge in [0.1, 0.15) is 4.38 Å². The van der Waals surface area contributed by atoms with E-state index in [1.807, 2.05) is 0 Å². The topological polar surface area (TPSA) is 47.9 Å². The first-order chi connectivity index (χ1) is 8.20. The molecule has 17 heavy (non-hydrogen) atoms. The Morgan fingerprint density at radius 2 is 1.71 bits per heavy atom. The molecule has 1 aliphatic heterocycles. The molecule has 0 aromatic carbocycles. The van der Waals surface area contributed by atoms with Crippen LogP contribution in [0.4, 0.5) is 0 Å². The second kappa shape index (κ2) is 8.59. The van der Waals surface area contributed by atoms with E-state index in [4.69, 9.17) is 9.05 Å². The zero-order valence-corrected chi connectivity index (χ0v) is 12.9. The molecule has 4 nitrogen and oxygen atoms in total. The Bertz CT molecular complexity index is 279. The quantitative estimate of drug-likeness (QED) is 0.462. The number of hydrogen-bond acceptors (Lipinski definition) is 5. The van der Waals surface area contributed by atoms with Crippen molar-refractivity contribution in [1.29, 1.82) is 0 Å². The summed E-state index contributed by atoms with van der Waals surface area (Å²) in [5.74, 6) is 0. The second-order valence-corrected chi connectivity index (χ2v) is 7.82. The summed E-state index contributed by atoms with van der Waals surface area (Å²) in [6.07, 6.45) is 3.78. The molecule has 0 aliphatic carbocycles. The monoisotopic (exact) mass is 297 g/mol. The van der Waals surface area contributed by atoms with Crippen LogP contribution >= 0.6 is 31.3 Å². The first-order valence-corrected chi connectivity index (χ1v) is 9.42. The summed E-state index contributed by atoms with van der Waals surface area (Å²) in [5.41, 5.74) is 0. The van der Waals surface area contributed by atoms with E-state index in [1.54, 1.807) is 23.5 Å². The van der Waals surface area contributed by atoms with Crippen molar-refractivity contribution in [3.63, 3.8) is 0 Å². The lowest BCUT2D eigenvalue weighted by Gasteiger charge is -2.18. The van der Waals surface area contributed by atoms with Crippen LogP contribution in [0, 0.1) is 0 Å². The van der Waals surface area contributed by atoms with Gasteiger partial charge in [-0.15, -0.1) is 0 Å². The average molecular weight is 297 g/mol. The standard InChI is InChI=1S/C10H20NO3PS2/c1-3-5-7-13-15(12,14-8-6-4-2)11-10-16-9-17-10/h3-9H2,1-2H3.